The van der Waals surface area contributed by atoms with Crippen LogP contribution in [-0.2, 0) is 0 Å². The molecule has 0 aliphatic carbocycles. The lowest BCUT2D eigenvalue weighted by atomic mass is 9.91. The minimum Gasteiger partial charge on any atom is -0.328 e. The third-order valence-corrected chi connectivity index (χ3v) is 3.53. The molecule has 0 amide bonds. The summed E-state index contributed by atoms with van der Waals surface area (Å²) in [6.45, 7) is 5.66. The van der Waals surface area contributed by atoms with E-state index in [2.05, 4.69) is 49.1 Å². The molecule has 0 radical (unpaired) electrons. The van der Waals surface area contributed by atoms with Gasteiger partial charge in [0.05, 0.1) is 0 Å². The van der Waals surface area contributed by atoms with Crippen molar-refractivity contribution in [2.24, 2.45) is 5.73 Å². The summed E-state index contributed by atoms with van der Waals surface area (Å²) in [6.07, 6.45) is 2.21. The van der Waals surface area contributed by atoms with Gasteiger partial charge in [-0.1, -0.05) is 30.3 Å². The van der Waals surface area contributed by atoms with Gasteiger partial charge in [0.25, 0.3) is 0 Å². The first-order valence-corrected chi connectivity index (χ1v) is 6.24. The van der Waals surface area contributed by atoms with Crippen molar-refractivity contribution < 1.29 is 0 Å². The molecule has 0 spiro atoms. The highest BCUT2D eigenvalue weighted by Gasteiger charge is 2.29. The Morgan fingerprint density at radius 1 is 1.25 bits per heavy atom. The van der Waals surface area contributed by atoms with E-state index < -0.39 is 0 Å². The molecule has 2 nitrogen and oxygen atoms in total. The Labute approximate surface area is 98.4 Å². The number of benzene rings is 1. The van der Waals surface area contributed by atoms with Gasteiger partial charge in [0, 0.05) is 24.7 Å². The average molecular weight is 218 g/mol. The fraction of sp³-hybridized carbons (Fsp3) is 0.571. The molecular formula is C14H22N2. The quantitative estimate of drug-likeness (QED) is 0.826. The summed E-state index contributed by atoms with van der Waals surface area (Å²) in [7, 11) is 0. The predicted octanol–water partition coefficient (Wildman–Crippen LogP) is 2.56. The van der Waals surface area contributed by atoms with Crippen LogP contribution in [-0.4, -0.2) is 23.5 Å². The minimum atomic E-state index is 0.361. The van der Waals surface area contributed by atoms with Crippen LogP contribution in [0.3, 0.4) is 0 Å². The highest BCUT2D eigenvalue weighted by molar-refractivity contribution is 5.20. The van der Waals surface area contributed by atoms with Gasteiger partial charge in [0.2, 0.25) is 0 Å². The van der Waals surface area contributed by atoms with E-state index in [1.54, 1.807) is 0 Å². The summed E-state index contributed by atoms with van der Waals surface area (Å²) < 4.78 is 0. The van der Waals surface area contributed by atoms with Crippen molar-refractivity contribution in [3.63, 3.8) is 0 Å². The van der Waals surface area contributed by atoms with Crippen LogP contribution in [0.2, 0.25) is 0 Å². The summed E-state index contributed by atoms with van der Waals surface area (Å²) in [4.78, 5) is 2.57. The van der Waals surface area contributed by atoms with Crippen molar-refractivity contribution in [1.82, 2.24) is 4.90 Å². The van der Waals surface area contributed by atoms with Gasteiger partial charge in [-0.25, -0.2) is 0 Å². The van der Waals surface area contributed by atoms with E-state index in [4.69, 9.17) is 5.73 Å². The van der Waals surface area contributed by atoms with Crippen molar-refractivity contribution in [2.45, 2.75) is 44.8 Å². The predicted molar refractivity (Wildman–Crippen MR) is 68.2 cm³/mol. The van der Waals surface area contributed by atoms with Crippen molar-refractivity contribution in [1.29, 1.82) is 0 Å². The lowest BCUT2D eigenvalue weighted by Gasteiger charge is -2.41. The molecule has 1 aromatic rings. The Morgan fingerprint density at radius 3 is 2.56 bits per heavy atom. The molecule has 16 heavy (non-hydrogen) atoms. The lowest BCUT2D eigenvalue weighted by molar-refractivity contribution is 0.101. The van der Waals surface area contributed by atoms with E-state index in [0.717, 1.165) is 19.4 Å². The van der Waals surface area contributed by atoms with Crippen molar-refractivity contribution in [3.05, 3.63) is 35.9 Å². The SMILES string of the molecule is CC(C)N1CCC(N)CC1c1ccccc1. The molecule has 0 bridgehead atoms. The topological polar surface area (TPSA) is 29.3 Å². The lowest BCUT2D eigenvalue weighted by Crippen LogP contribution is -2.45. The van der Waals surface area contributed by atoms with Crippen molar-refractivity contribution in [2.75, 3.05) is 6.54 Å². The van der Waals surface area contributed by atoms with Crippen LogP contribution in [0.5, 0.6) is 0 Å². The third kappa shape index (κ3) is 2.45. The molecule has 88 valence electrons. The number of nitrogens with two attached hydrogens (primary N) is 1. The Hall–Kier alpha value is -0.860. The summed E-state index contributed by atoms with van der Waals surface area (Å²) in [5.41, 5.74) is 7.51. The molecule has 2 rings (SSSR count). The van der Waals surface area contributed by atoms with E-state index >= 15 is 0 Å². The Kier molecular flexibility index (Phi) is 3.62. The molecule has 1 fully saturated rings. The standard InChI is InChI=1S/C14H22N2/c1-11(2)16-9-8-13(15)10-14(16)12-6-4-3-5-7-12/h3-7,11,13-14H,8-10,15H2,1-2H3. The van der Waals surface area contributed by atoms with E-state index in [-0.39, 0.29) is 0 Å². The number of nitrogens with zero attached hydrogens (tertiary/aromatic N) is 1. The van der Waals surface area contributed by atoms with E-state index in [0.29, 0.717) is 18.1 Å². The molecule has 2 heteroatoms. The van der Waals surface area contributed by atoms with Crippen LogP contribution in [0.25, 0.3) is 0 Å². The van der Waals surface area contributed by atoms with E-state index in [9.17, 15) is 0 Å². The first-order valence-electron chi connectivity index (χ1n) is 6.24. The number of hydrogen-bond donors (Lipinski definition) is 1. The molecular weight excluding hydrogens is 196 g/mol. The van der Waals surface area contributed by atoms with Crippen LogP contribution in [0.4, 0.5) is 0 Å². The maximum absolute atomic E-state index is 6.10. The number of rotatable bonds is 2. The zero-order valence-corrected chi connectivity index (χ0v) is 10.3. The molecule has 0 saturated carbocycles. The number of piperidine rings is 1. The minimum absolute atomic E-state index is 0.361. The Morgan fingerprint density at radius 2 is 1.94 bits per heavy atom. The maximum atomic E-state index is 6.10. The van der Waals surface area contributed by atoms with E-state index in [1.807, 2.05) is 0 Å². The molecule has 1 aliphatic heterocycles. The molecule has 1 aliphatic rings. The summed E-state index contributed by atoms with van der Waals surface area (Å²) in [5.74, 6) is 0. The van der Waals surface area contributed by atoms with Crippen LogP contribution in [0, 0.1) is 0 Å². The number of likely N-dealkylation sites (tertiary alicyclic amines) is 1. The zero-order valence-electron chi connectivity index (χ0n) is 10.3. The average Bonchev–Trinajstić information content (AvgIpc) is 2.29. The second-order valence-electron chi connectivity index (χ2n) is 5.04. The van der Waals surface area contributed by atoms with Gasteiger partial charge in [-0.15, -0.1) is 0 Å². The maximum Gasteiger partial charge on any atom is 0.0365 e. The highest BCUT2D eigenvalue weighted by atomic mass is 15.2. The first kappa shape index (κ1) is 11.6. The fourth-order valence-corrected chi connectivity index (χ4v) is 2.63. The van der Waals surface area contributed by atoms with Gasteiger partial charge in [-0.3, -0.25) is 4.90 Å². The van der Waals surface area contributed by atoms with Crippen molar-refractivity contribution in [3.8, 4) is 0 Å². The molecule has 2 atom stereocenters. The summed E-state index contributed by atoms with van der Waals surface area (Å²) >= 11 is 0. The van der Waals surface area contributed by atoms with Gasteiger partial charge in [-0.2, -0.15) is 0 Å². The summed E-state index contributed by atoms with van der Waals surface area (Å²) in [6, 6.07) is 12.2. The Bertz CT molecular complexity index is 321. The largest absolute Gasteiger partial charge is 0.328 e. The van der Waals surface area contributed by atoms with Crippen LogP contribution < -0.4 is 5.73 Å². The van der Waals surface area contributed by atoms with Gasteiger partial charge < -0.3 is 5.73 Å². The molecule has 2 unspecified atom stereocenters. The smallest absolute Gasteiger partial charge is 0.0365 e. The van der Waals surface area contributed by atoms with E-state index in [1.165, 1.54) is 5.56 Å². The van der Waals surface area contributed by atoms with Gasteiger partial charge >= 0.3 is 0 Å². The second-order valence-corrected chi connectivity index (χ2v) is 5.04. The zero-order chi connectivity index (χ0) is 11.5. The van der Waals surface area contributed by atoms with Gasteiger partial charge in [0.15, 0.2) is 0 Å². The highest BCUT2D eigenvalue weighted by Crippen LogP contribution is 2.31. The first-order chi connectivity index (χ1) is 7.68. The third-order valence-electron chi connectivity index (χ3n) is 3.53. The monoisotopic (exact) mass is 218 g/mol. The van der Waals surface area contributed by atoms with Gasteiger partial charge in [-0.05, 0) is 32.3 Å². The fourth-order valence-electron chi connectivity index (χ4n) is 2.63. The second kappa shape index (κ2) is 4.98. The van der Waals surface area contributed by atoms with Crippen LogP contribution in [0.1, 0.15) is 38.3 Å². The van der Waals surface area contributed by atoms with Crippen LogP contribution in [0.15, 0.2) is 30.3 Å². The molecule has 1 saturated heterocycles. The number of hydrogen-bond acceptors (Lipinski definition) is 2. The molecule has 1 heterocycles. The summed E-state index contributed by atoms with van der Waals surface area (Å²) in [5, 5.41) is 0. The molecule has 1 aromatic carbocycles. The van der Waals surface area contributed by atoms with Gasteiger partial charge in [0.1, 0.15) is 0 Å². The van der Waals surface area contributed by atoms with Crippen LogP contribution >= 0.6 is 0 Å². The Balaban J connectivity index is 2.21. The molecule has 2 N–H and O–H groups in total. The molecule has 0 aromatic heterocycles. The van der Waals surface area contributed by atoms with Crippen molar-refractivity contribution >= 4 is 0 Å². The normalized spacial score (nSPS) is 27.2.